The topological polar surface area (TPSA) is 55.1 Å². The van der Waals surface area contributed by atoms with Gasteiger partial charge < -0.3 is 11.1 Å². The first-order chi connectivity index (χ1) is 8.97. The maximum Gasteiger partial charge on any atom is 0.255 e. The van der Waals surface area contributed by atoms with Crippen LogP contribution in [0.2, 0.25) is 0 Å². The third-order valence-corrected chi connectivity index (χ3v) is 3.88. The summed E-state index contributed by atoms with van der Waals surface area (Å²) in [5, 5.41) is 2.86. The van der Waals surface area contributed by atoms with E-state index in [0.29, 0.717) is 16.9 Å². The van der Waals surface area contributed by atoms with Crippen LogP contribution in [-0.4, -0.2) is 5.91 Å². The fraction of sp³-hybridized carbons (Fsp3) is 0.0714. The van der Waals surface area contributed by atoms with Gasteiger partial charge in [-0.2, -0.15) is 0 Å². The van der Waals surface area contributed by atoms with Gasteiger partial charge in [-0.1, -0.05) is 6.07 Å². The van der Waals surface area contributed by atoms with Crippen LogP contribution in [0.5, 0.6) is 0 Å². The minimum Gasteiger partial charge on any atom is -0.399 e. The van der Waals surface area contributed by atoms with E-state index in [0.717, 1.165) is 14.5 Å². The zero-order valence-electron chi connectivity index (χ0n) is 10.2. The van der Waals surface area contributed by atoms with Gasteiger partial charge >= 0.3 is 0 Å². The number of nitrogens with one attached hydrogen (secondary N) is 1. The van der Waals surface area contributed by atoms with Gasteiger partial charge in [0, 0.05) is 20.2 Å². The minimum atomic E-state index is -0.192. The molecule has 2 aromatic carbocycles. The average Bonchev–Trinajstić information content (AvgIpc) is 2.32. The van der Waals surface area contributed by atoms with Crippen LogP contribution >= 0.6 is 31.9 Å². The number of para-hydroxylation sites is 1. The number of hydrogen-bond donors (Lipinski definition) is 2. The molecular weight excluding hydrogens is 372 g/mol. The maximum atomic E-state index is 12.2. The molecule has 0 atom stereocenters. The summed E-state index contributed by atoms with van der Waals surface area (Å²) in [6.07, 6.45) is 0. The van der Waals surface area contributed by atoms with Gasteiger partial charge in [-0.3, -0.25) is 4.79 Å². The highest BCUT2D eigenvalue weighted by Crippen LogP contribution is 2.31. The van der Waals surface area contributed by atoms with E-state index in [-0.39, 0.29) is 5.91 Å². The largest absolute Gasteiger partial charge is 0.399 e. The van der Waals surface area contributed by atoms with Crippen LogP contribution in [-0.2, 0) is 0 Å². The molecule has 2 aromatic rings. The Morgan fingerprint density at radius 2 is 1.79 bits per heavy atom. The van der Waals surface area contributed by atoms with Gasteiger partial charge in [-0.25, -0.2) is 0 Å². The number of benzene rings is 2. The van der Waals surface area contributed by atoms with Crippen molar-refractivity contribution in [3.05, 3.63) is 56.5 Å². The Bertz CT molecular complexity index is 601. The molecule has 0 heterocycles. The van der Waals surface area contributed by atoms with Crippen LogP contribution < -0.4 is 11.1 Å². The number of anilines is 2. The first kappa shape index (κ1) is 14.1. The molecule has 3 N–H and O–H groups in total. The summed E-state index contributed by atoms with van der Waals surface area (Å²) in [7, 11) is 0. The smallest absolute Gasteiger partial charge is 0.255 e. The van der Waals surface area contributed by atoms with Gasteiger partial charge in [0.05, 0.1) is 5.69 Å². The SMILES string of the molecule is Cc1cc(N)cc(C(=O)Nc2c(Br)cccc2Br)c1. The van der Waals surface area contributed by atoms with E-state index in [1.807, 2.05) is 31.2 Å². The summed E-state index contributed by atoms with van der Waals surface area (Å²) in [6.45, 7) is 1.90. The van der Waals surface area contributed by atoms with E-state index in [1.165, 1.54) is 0 Å². The Morgan fingerprint density at radius 3 is 2.37 bits per heavy atom. The second kappa shape index (κ2) is 5.75. The highest BCUT2D eigenvalue weighted by atomic mass is 79.9. The van der Waals surface area contributed by atoms with Crippen LogP contribution in [0.4, 0.5) is 11.4 Å². The van der Waals surface area contributed by atoms with Crippen molar-refractivity contribution in [2.24, 2.45) is 0 Å². The van der Waals surface area contributed by atoms with E-state index in [9.17, 15) is 4.79 Å². The van der Waals surface area contributed by atoms with Gasteiger partial charge in [0.2, 0.25) is 0 Å². The van der Waals surface area contributed by atoms with E-state index in [2.05, 4.69) is 37.2 Å². The second-order valence-electron chi connectivity index (χ2n) is 4.18. The number of carbonyl (C=O) groups is 1. The van der Waals surface area contributed by atoms with Crippen molar-refractivity contribution in [1.29, 1.82) is 0 Å². The van der Waals surface area contributed by atoms with Crippen LogP contribution in [0, 0.1) is 6.92 Å². The highest BCUT2D eigenvalue weighted by Gasteiger charge is 2.11. The molecule has 98 valence electrons. The van der Waals surface area contributed by atoms with Crippen LogP contribution in [0.3, 0.4) is 0 Å². The predicted octanol–water partition coefficient (Wildman–Crippen LogP) is 4.35. The number of rotatable bonds is 2. The molecule has 0 aromatic heterocycles. The third kappa shape index (κ3) is 3.36. The van der Waals surface area contributed by atoms with E-state index in [1.54, 1.807) is 12.1 Å². The van der Waals surface area contributed by atoms with Crippen LogP contribution in [0.25, 0.3) is 0 Å². The quantitative estimate of drug-likeness (QED) is 0.757. The Morgan fingerprint density at radius 1 is 1.16 bits per heavy atom. The lowest BCUT2D eigenvalue weighted by atomic mass is 10.1. The molecule has 19 heavy (non-hydrogen) atoms. The number of halogens is 2. The lowest BCUT2D eigenvalue weighted by Crippen LogP contribution is -2.13. The molecule has 0 bridgehead atoms. The van der Waals surface area contributed by atoms with Crippen LogP contribution in [0.1, 0.15) is 15.9 Å². The average molecular weight is 384 g/mol. The van der Waals surface area contributed by atoms with E-state index in [4.69, 9.17) is 5.73 Å². The lowest BCUT2D eigenvalue weighted by molar-refractivity contribution is 0.102. The second-order valence-corrected chi connectivity index (χ2v) is 5.89. The third-order valence-electron chi connectivity index (χ3n) is 2.56. The van der Waals surface area contributed by atoms with Crippen molar-refractivity contribution >= 4 is 49.1 Å². The Kier molecular flexibility index (Phi) is 4.27. The van der Waals surface area contributed by atoms with E-state index >= 15 is 0 Å². The number of nitrogens with two attached hydrogens (primary N) is 1. The molecule has 5 heteroatoms. The molecule has 2 rings (SSSR count). The fourth-order valence-corrected chi connectivity index (χ4v) is 2.94. The summed E-state index contributed by atoms with van der Waals surface area (Å²) < 4.78 is 1.63. The number of nitrogen functional groups attached to an aromatic ring is 1. The Labute approximate surface area is 128 Å². The first-order valence-electron chi connectivity index (χ1n) is 5.60. The fourth-order valence-electron chi connectivity index (χ4n) is 1.75. The number of amides is 1. The predicted molar refractivity (Wildman–Crippen MR) is 85.4 cm³/mol. The monoisotopic (exact) mass is 382 g/mol. The van der Waals surface area contributed by atoms with Crippen LogP contribution in [0.15, 0.2) is 45.3 Å². The molecule has 0 aliphatic rings. The molecule has 0 saturated carbocycles. The van der Waals surface area contributed by atoms with Gasteiger partial charge in [-0.05, 0) is 74.7 Å². The molecule has 0 unspecified atom stereocenters. The minimum absolute atomic E-state index is 0.192. The van der Waals surface area contributed by atoms with Crippen molar-refractivity contribution in [3.63, 3.8) is 0 Å². The summed E-state index contributed by atoms with van der Waals surface area (Å²) in [4.78, 5) is 12.2. The lowest BCUT2D eigenvalue weighted by Gasteiger charge is -2.10. The van der Waals surface area contributed by atoms with Crippen molar-refractivity contribution < 1.29 is 4.79 Å². The maximum absolute atomic E-state index is 12.2. The van der Waals surface area contributed by atoms with Crippen molar-refractivity contribution in [2.45, 2.75) is 6.92 Å². The zero-order chi connectivity index (χ0) is 14.0. The highest BCUT2D eigenvalue weighted by molar-refractivity contribution is 9.11. The zero-order valence-corrected chi connectivity index (χ0v) is 13.4. The number of hydrogen-bond acceptors (Lipinski definition) is 2. The Balaban J connectivity index is 2.31. The summed E-state index contributed by atoms with van der Waals surface area (Å²) in [5.74, 6) is -0.192. The van der Waals surface area contributed by atoms with Gasteiger partial charge in [-0.15, -0.1) is 0 Å². The molecule has 1 amide bonds. The molecular formula is C14H12Br2N2O. The van der Waals surface area contributed by atoms with Gasteiger partial charge in [0.1, 0.15) is 0 Å². The summed E-state index contributed by atoms with van der Waals surface area (Å²) >= 11 is 6.82. The first-order valence-corrected chi connectivity index (χ1v) is 7.18. The normalized spacial score (nSPS) is 10.3. The van der Waals surface area contributed by atoms with Gasteiger partial charge in [0.25, 0.3) is 5.91 Å². The molecule has 0 fully saturated rings. The van der Waals surface area contributed by atoms with Crippen molar-refractivity contribution in [1.82, 2.24) is 0 Å². The van der Waals surface area contributed by atoms with Gasteiger partial charge in [0.15, 0.2) is 0 Å². The molecule has 0 saturated heterocycles. The van der Waals surface area contributed by atoms with Crippen molar-refractivity contribution in [3.8, 4) is 0 Å². The molecule has 3 nitrogen and oxygen atoms in total. The van der Waals surface area contributed by atoms with E-state index < -0.39 is 0 Å². The summed E-state index contributed by atoms with van der Waals surface area (Å²) in [6, 6.07) is 10.9. The van der Waals surface area contributed by atoms with Crippen molar-refractivity contribution in [2.75, 3.05) is 11.1 Å². The summed E-state index contributed by atoms with van der Waals surface area (Å²) in [5.41, 5.74) is 8.53. The standard InChI is InChI=1S/C14H12Br2N2O/c1-8-5-9(7-10(17)6-8)14(19)18-13-11(15)3-2-4-12(13)16/h2-7H,17H2,1H3,(H,18,19). The molecule has 0 radical (unpaired) electrons. The number of aryl methyl sites for hydroxylation is 1. The molecule has 0 spiro atoms. The molecule has 0 aliphatic heterocycles. The number of carbonyl (C=O) groups excluding carboxylic acids is 1. The Hall–Kier alpha value is -1.33. The molecule has 0 aliphatic carbocycles.